The molecule has 0 aliphatic heterocycles. The summed E-state index contributed by atoms with van der Waals surface area (Å²) in [6.45, 7) is 6.83. The summed E-state index contributed by atoms with van der Waals surface area (Å²) < 4.78 is 10.5. The number of aromatic nitrogens is 2. The van der Waals surface area contributed by atoms with Crippen molar-refractivity contribution in [1.29, 1.82) is 0 Å². The first kappa shape index (κ1) is 32.5. The third kappa shape index (κ3) is 5.68. The summed E-state index contributed by atoms with van der Waals surface area (Å²) in [6, 6.07) is 57.6. The van der Waals surface area contributed by atoms with Gasteiger partial charge in [0.05, 0.1) is 27.6 Å². The molecule has 0 unspecified atom stereocenters. The minimum absolute atomic E-state index is 0.0708. The summed E-state index contributed by atoms with van der Waals surface area (Å²) in [4.78, 5) is 13.0. The number of para-hydroxylation sites is 3. The van der Waals surface area contributed by atoms with Gasteiger partial charge < -0.3 is 13.9 Å². The molecule has 0 N–H and O–H groups in total. The second-order valence-electron chi connectivity index (χ2n) is 14.6. The van der Waals surface area contributed by atoms with Crippen LogP contribution in [0.1, 0.15) is 48.7 Å². The van der Waals surface area contributed by atoms with Gasteiger partial charge in [-0.1, -0.05) is 118 Å². The number of hydrogen-bond acceptors (Lipinski definition) is 2. The maximum absolute atomic E-state index is 13.0. The van der Waals surface area contributed by atoms with Crippen molar-refractivity contribution in [2.75, 3.05) is 0 Å². The molecule has 258 valence electrons. The van der Waals surface area contributed by atoms with Crippen LogP contribution < -0.4 is 0 Å². The molecule has 53 heavy (non-hydrogen) atoms. The fraction of sp³-hybridized carbons (Fsp3) is 0.122. The van der Waals surface area contributed by atoms with Gasteiger partial charge in [0.1, 0.15) is 6.61 Å². The number of carbonyl (C=O) groups is 1. The summed E-state index contributed by atoms with van der Waals surface area (Å²) in [7, 11) is 0. The first-order chi connectivity index (χ1) is 25.9. The summed E-state index contributed by atoms with van der Waals surface area (Å²) in [5.74, 6) is -0.310. The maximum Gasteiger partial charge on any atom is 0.338 e. The number of carbonyl (C=O) groups excluding carboxylic acids is 1. The molecule has 0 amide bonds. The van der Waals surface area contributed by atoms with Gasteiger partial charge in [-0.2, -0.15) is 0 Å². The van der Waals surface area contributed by atoms with Gasteiger partial charge in [0.25, 0.3) is 0 Å². The van der Waals surface area contributed by atoms with E-state index in [0.29, 0.717) is 5.56 Å². The SMILES string of the molecule is CCC(C)(C)c1ccc(C(=O)OCc2ccc3c(c2)c2ccccc2n3-c2ccc(-c3ccc(-n4c5ccccc5c5ccccc54)cc3)cc2)cc1. The Labute approximate surface area is 309 Å². The third-order valence-electron chi connectivity index (χ3n) is 11.1. The highest BCUT2D eigenvalue weighted by molar-refractivity contribution is 6.10. The van der Waals surface area contributed by atoms with E-state index in [-0.39, 0.29) is 18.0 Å². The predicted molar refractivity (Wildman–Crippen MR) is 219 cm³/mol. The number of fused-ring (bicyclic) bond motifs is 6. The first-order valence-electron chi connectivity index (χ1n) is 18.4. The van der Waals surface area contributed by atoms with E-state index >= 15 is 0 Å². The quantitative estimate of drug-likeness (QED) is 0.149. The van der Waals surface area contributed by atoms with Gasteiger partial charge in [0.2, 0.25) is 0 Å². The Balaban J connectivity index is 0.979. The van der Waals surface area contributed by atoms with Crippen LogP contribution >= 0.6 is 0 Å². The molecule has 9 rings (SSSR count). The van der Waals surface area contributed by atoms with Crippen molar-refractivity contribution in [3.8, 4) is 22.5 Å². The Morgan fingerprint density at radius 1 is 0.528 bits per heavy atom. The molecule has 0 saturated heterocycles. The number of esters is 1. The van der Waals surface area contributed by atoms with Crippen LogP contribution in [-0.4, -0.2) is 15.1 Å². The molecule has 2 aromatic heterocycles. The lowest BCUT2D eigenvalue weighted by atomic mass is 9.82. The highest BCUT2D eigenvalue weighted by Crippen LogP contribution is 2.35. The first-order valence-corrected chi connectivity index (χ1v) is 18.4. The van der Waals surface area contributed by atoms with Crippen molar-refractivity contribution in [1.82, 2.24) is 9.13 Å². The Morgan fingerprint density at radius 2 is 0.981 bits per heavy atom. The monoisotopic (exact) mass is 688 g/mol. The van der Waals surface area contributed by atoms with E-state index in [9.17, 15) is 4.79 Å². The fourth-order valence-corrected chi connectivity index (χ4v) is 7.69. The number of nitrogens with zero attached hydrogens (tertiary/aromatic N) is 2. The smallest absolute Gasteiger partial charge is 0.338 e. The van der Waals surface area contributed by atoms with E-state index < -0.39 is 0 Å². The van der Waals surface area contributed by atoms with E-state index in [1.807, 2.05) is 24.3 Å². The van der Waals surface area contributed by atoms with E-state index in [2.05, 4.69) is 169 Å². The molecule has 0 bridgehead atoms. The highest BCUT2D eigenvalue weighted by atomic mass is 16.5. The molecular formula is C49H40N2O2. The van der Waals surface area contributed by atoms with Crippen molar-refractivity contribution < 1.29 is 9.53 Å². The highest BCUT2D eigenvalue weighted by Gasteiger charge is 2.19. The molecule has 0 radical (unpaired) electrons. The molecule has 0 fully saturated rings. The molecule has 0 aliphatic rings. The number of hydrogen-bond donors (Lipinski definition) is 0. The van der Waals surface area contributed by atoms with E-state index in [0.717, 1.165) is 50.7 Å². The van der Waals surface area contributed by atoms with Crippen LogP contribution in [0.2, 0.25) is 0 Å². The summed E-state index contributed by atoms with van der Waals surface area (Å²) in [5.41, 5.74) is 12.1. The fourth-order valence-electron chi connectivity index (χ4n) is 7.69. The molecule has 0 saturated carbocycles. The molecule has 0 atom stereocenters. The third-order valence-corrected chi connectivity index (χ3v) is 11.1. The Kier molecular flexibility index (Phi) is 7.97. The predicted octanol–water partition coefficient (Wildman–Crippen LogP) is 12.6. The van der Waals surface area contributed by atoms with Crippen molar-refractivity contribution in [2.45, 2.75) is 39.2 Å². The van der Waals surface area contributed by atoms with Crippen molar-refractivity contribution in [2.24, 2.45) is 0 Å². The standard InChI is InChI=1S/C49H40N2O2/c1-4-49(2,3)37-24-18-36(19-25-37)48(52)53-32-33-17-30-47-43(31-33)42-13-7-10-16-46(42)51(47)39-28-22-35(23-29-39)34-20-26-38(27-21-34)50-44-14-8-5-11-40(44)41-12-6-9-15-45(41)50/h5-31H,4,32H2,1-3H3. The zero-order valence-corrected chi connectivity index (χ0v) is 30.2. The van der Waals surface area contributed by atoms with Gasteiger partial charge in [-0.25, -0.2) is 4.79 Å². The lowest BCUT2D eigenvalue weighted by Gasteiger charge is -2.23. The minimum Gasteiger partial charge on any atom is -0.457 e. The zero-order chi connectivity index (χ0) is 36.1. The van der Waals surface area contributed by atoms with Gasteiger partial charge in [0.15, 0.2) is 0 Å². The Morgan fingerprint density at radius 3 is 1.47 bits per heavy atom. The Hall–Kier alpha value is -6.39. The molecule has 2 heterocycles. The van der Waals surface area contributed by atoms with Crippen LogP contribution in [0.25, 0.3) is 66.1 Å². The molecule has 7 aromatic carbocycles. The van der Waals surface area contributed by atoms with Crippen LogP contribution in [0.4, 0.5) is 0 Å². The van der Waals surface area contributed by atoms with E-state index in [1.54, 1.807) is 0 Å². The molecule has 4 heteroatoms. The summed E-state index contributed by atoms with van der Waals surface area (Å²) in [5, 5.41) is 4.82. The van der Waals surface area contributed by atoms with Gasteiger partial charge >= 0.3 is 5.97 Å². The largest absolute Gasteiger partial charge is 0.457 e. The van der Waals surface area contributed by atoms with Crippen LogP contribution in [-0.2, 0) is 16.8 Å². The normalized spacial score (nSPS) is 11.9. The number of ether oxygens (including phenoxy) is 1. The van der Waals surface area contributed by atoms with Gasteiger partial charge in [-0.05, 0) is 101 Å². The maximum atomic E-state index is 13.0. The van der Waals surface area contributed by atoms with Gasteiger partial charge in [0, 0.05) is 32.9 Å². The van der Waals surface area contributed by atoms with Gasteiger partial charge in [-0.15, -0.1) is 0 Å². The van der Waals surface area contributed by atoms with Crippen molar-refractivity contribution in [3.63, 3.8) is 0 Å². The minimum atomic E-state index is -0.310. The summed E-state index contributed by atoms with van der Waals surface area (Å²) >= 11 is 0. The Bertz CT molecular complexity index is 2730. The van der Waals surface area contributed by atoms with Crippen molar-refractivity contribution in [3.05, 3.63) is 180 Å². The molecule has 4 nitrogen and oxygen atoms in total. The van der Waals surface area contributed by atoms with Crippen LogP contribution in [0.3, 0.4) is 0 Å². The average molecular weight is 689 g/mol. The summed E-state index contributed by atoms with van der Waals surface area (Å²) in [6.07, 6.45) is 1.03. The van der Waals surface area contributed by atoms with Crippen LogP contribution in [0.15, 0.2) is 164 Å². The molecule has 9 aromatic rings. The zero-order valence-electron chi connectivity index (χ0n) is 30.2. The van der Waals surface area contributed by atoms with E-state index in [4.69, 9.17) is 4.74 Å². The average Bonchev–Trinajstić information content (AvgIpc) is 3.73. The lowest BCUT2D eigenvalue weighted by Crippen LogP contribution is -2.15. The van der Waals surface area contributed by atoms with Crippen molar-refractivity contribution >= 4 is 49.6 Å². The molecule has 0 aliphatic carbocycles. The van der Waals surface area contributed by atoms with Crippen LogP contribution in [0.5, 0.6) is 0 Å². The second-order valence-corrected chi connectivity index (χ2v) is 14.6. The molecular weight excluding hydrogens is 649 g/mol. The van der Waals surface area contributed by atoms with Gasteiger partial charge in [-0.3, -0.25) is 0 Å². The second kappa shape index (κ2) is 13.0. The van der Waals surface area contributed by atoms with E-state index in [1.165, 1.54) is 32.9 Å². The lowest BCUT2D eigenvalue weighted by molar-refractivity contribution is 0.0473. The topological polar surface area (TPSA) is 36.2 Å². The number of benzene rings is 7. The van der Waals surface area contributed by atoms with Crippen LogP contribution in [0, 0.1) is 0 Å². The molecule has 0 spiro atoms. The number of rotatable bonds is 8.